The van der Waals surface area contributed by atoms with Crippen LogP contribution in [0.15, 0.2) is 18.2 Å². The Bertz CT molecular complexity index is 513. The number of anilines is 2. The first-order valence-corrected chi connectivity index (χ1v) is 12.3. The fourth-order valence-corrected chi connectivity index (χ4v) is 3.13. The van der Waals surface area contributed by atoms with Gasteiger partial charge < -0.3 is 0 Å². The van der Waals surface area contributed by atoms with Crippen molar-refractivity contribution in [2.24, 2.45) is 0 Å². The number of carbonyl (C=O) groups is 1. The number of nitrogens with two attached hydrogens (primary N) is 1. The summed E-state index contributed by atoms with van der Waals surface area (Å²) in [5, 5.41) is 1.24. The van der Waals surface area contributed by atoms with E-state index in [4.69, 9.17) is 15.5 Å². The number of hydrogen-bond donors (Lipinski definition) is 1. The molecule has 0 spiro atoms. The molecule has 0 radical (unpaired) electrons. The fourth-order valence-electron chi connectivity index (χ4n) is 1.66. The molecule has 1 aromatic carbocycles. The van der Waals surface area contributed by atoms with Crippen molar-refractivity contribution in [1.29, 1.82) is 0 Å². The Morgan fingerprint density at radius 3 is 2.45 bits per heavy atom. The molecule has 0 aliphatic heterocycles. The number of rotatable bonds is 6. The maximum atomic E-state index is 12.0. The van der Waals surface area contributed by atoms with E-state index in [9.17, 15) is 4.79 Å². The fraction of sp³-hybridized carbons (Fsp3) is 0.562. The predicted octanol–water partition coefficient (Wildman–Crippen LogP) is 3.35. The van der Waals surface area contributed by atoms with Crippen LogP contribution >= 0.6 is 0 Å². The van der Waals surface area contributed by atoms with Gasteiger partial charge in [-0.3, -0.25) is 0 Å². The van der Waals surface area contributed by atoms with E-state index in [-0.39, 0.29) is 0 Å². The molecule has 1 aromatic rings. The normalized spacial score (nSPS) is 11.6. The molecular formula is C16H27AsN2O3. The molecule has 0 aliphatic rings. The van der Waals surface area contributed by atoms with Crippen molar-refractivity contribution < 1.29 is 14.6 Å². The van der Waals surface area contributed by atoms with E-state index in [2.05, 4.69) is 16.3 Å². The van der Waals surface area contributed by atoms with Crippen molar-refractivity contribution in [1.82, 2.24) is 0 Å². The van der Waals surface area contributed by atoms with Crippen molar-refractivity contribution in [3.63, 3.8) is 0 Å². The maximum absolute atomic E-state index is 12.0. The summed E-state index contributed by atoms with van der Waals surface area (Å²) < 4.78 is 0. The van der Waals surface area contributed by atoms with E-state index in [1.807, 2.05) is 13.1 Å². The summed E-state index contributed by atoms with van der Waals surface area (Å²) in [5.74, 6) is -0.573. The summed E-state index contributed by atoms with van der Waals surface area (Å²) >= 11 is -0.639. The minimum atomic E-state index is -0.639. The van der Waals surface area contributed by atoms with Gasteiger partial charge in [-0.2, -0.15) is 0 Å². The van der Waals surface area contributed by atoms with Gasteiger partial charge in [0.15, 0.2) is 0 Å². The second kappa shape index (κ2) is 7.89. The molecule has 22 heavy (non-hydrogen) atoms. The molecule has 0 atom stereocenters. The third-order valence-electron chi connectivity index (χ3n) is 2.95. The Labute approximate surface area is 137 Å². The van der Waals surface area contributed by atoms with Gasteiger partial charge in [0.05, 0.1) is 0 Å². The van der Waals surface area contributed by atoms with Crippen LogP contribution in [0.3, 0.4) is 0 Å². The van der Waals surface area contributed by atoms with Crippen molar-refractivity contribution in [2.45, 2.75) is 43.0 Å². The molecule has 1 rings (SSSR count). The van der Waals surface area contributed by atoms with Gasteiger partial charge in [0.2, 0.25) is 0 Å². The van der Waals surface area contributed by atoms with Crippen LogP contribution < -0.4 is 10.6 Å². The first-order chi connectivity index (χ1) is 10.1. The van der Waals surface area contributed by atoms with Crippen LogP contribution in [0, 0.1) is 0 Å². The van der Waals surface area contributed by atoms with Gasteiger partial charge >= 0.3 is 138 Å². The molecular weight excluding hydrogens is 343 g/mol. The van der Waals surface area contributed by atoms with Gasteiger partial charge in [0.1, 0.15) is 0 Å². The monoisotopic (exact) mass is 370 g/mol. The van der Waals surface area contributed by atoms with E-state index in [0.29, 0.717) is 11.3 Å². The number of hydrogen-bond acceptors (Lipinski definition) is 5. The average molecular weight is 370 g/mol. The van der Waals surface area contributed by atoms with Gasteiger partial charge in [0, 0.05) is 0 Å². The summed E-state index contributed by atoms with van der Waals surface area (Å²) in [4.78, 5) is 24.0. The molecule has 0 heterocycles. The van der Waals surface area contributed by atoms with E-state index in [1.54, 1.807) is 32.9 Å². The minimum absolute atomic E-state index is 0.320. The van der Waals surface area contributed by atoms with Gasteiger partial charge in [-0.05, 0) is 0 Å². The van der Waals surface area contributed by atoms with Gasteiger partial charge in [-0.25, -0.2) is 0 Å². The quantitative estimate of drug-likeness (QED) is 0.360. The van der Waals surface area contributed by atoms with Crippen LogP contribution in [0.2, 0.25) is 16.6 Å². The summed E-state index contributed by atoms with van der Waals surface area (Å²) in [6.45, 7) is 6.42. The number of carbonyl (C=O) groups excluding carboxylic acids is 1. The Kier molecular flexibility index (Phi) is 6.76. The Balaban J connectivity index is 2.74. The van der Waals surface area contributed by atoms with Crippen molar-refractivity contribution >= 4 is 32.0 Å². The number of nitrogens with zero attached hydrogens (tertiary/aromatic N) is 1. The third-order valence-corrected chi connectivity index (χ3v) is 5.24. The van der Waals surface area contributed by atoms with Gasteiger partial charge in [-0.15, -0.1) is 0 Å². The summed E-state index contributed by atoms with van der Waals surface area (Å²) in [6, 6.07) is 5.37. The van der Waals surface area contributed by atoms with E-state index in [0.717, 1.165) is 12.2 Å². The molecule has 2 N–H and O–H groups in total. The van der Waals surface area contributed by atoms with Crippen LogP contribution in [0.25, 0.3) is 0 Å². The Morgan fingerprint density at radius 1 is 1.32 bits per heavy atom. The molecule has 0 fully saturated rings. The van der Waals surface area contributed by atoms with E-state index >= 15 is 0 Å². The van der Waals surface area contributed by atoms with E-state index < -0.39 is 26.2 Å². The summed E-state index contributed by atoms with van der Waals surface area (Å²) in [6.07, 6.45) is 0. The van der Waals surface area contributed by atoms with Crippen LogP contribution in [-0.4, -0.2) is 39.8 Å². The molecule has 0 aliphatic carbocycles. The molecule has 0 aromatic heterocycles. The zero-order chi connectivity index (χ0) is 16.9. The predicted molar refractivity (Wildman–Crippen MR) is 92.7 cm³/mol. The molecule has 0 bridgehead atoms. The van der Waals surface area contributed by atoms with Gasteiger partial charge in [0.25, 0.3) is 0 Å². The molecule has 0 saturated carbocycles. The third kappa shape index (κ3) is 6.28. The topological polar surface area (TPSA) is 64.8 Å². The van der Waals surface area contributed by atoms with Gasteiger partial charge in [-0.1, -0.05) is 0 Å². The number of benzene rings is 1. The second-order valence-corrected chi connectivity index (χ2v) is 12.0. The first kappa shape index (κ1) is 18.9. The zero-order valence-electron chi connectivity index (χ0n) is 14.3. The summed E-state index contributed by atoms with van der Waals surface area (Å²) in [7, 11) is 2.04. The molecule has 0 amide bonds. The van der Waals surface area contributed by atoms with Crippen LogP contribution in [0.1, 0.15) is 31.1 Å². The van der Waals surface area contributed by atoms with Crippen molar-refractivity contribution in [3.8, 4) is 0 Å². The SMILES string of the molecule is CN(CC[As](C)C)c1ccc(C(=O)OOC(C)(C)C)c(N)c1. The van der Waals surface area contributed by atoms with Crippen LogP contribution in [-0.2, 0) is 9.78 Å². The molecule has 124 valence electrons. The van der Waals surface area contributed by atoms with Crippen molar-refractivity contribution in [2.75, 3.05) is 24.2 Å². The first-order valence-electron chi connectivity index (χ1n) is 7.25. The van der Waals surface area contributed by atoms with Crippen LogP contribution in [0.5, 0.6) is 0 Å². The molecule has 6 heteroatoms. The van der Waals surface area contributed by atoms with E-state index in [1.165, 1.54) is 5.21 Å². The standard InChI is InChI=1S/C16H27AsN2O3/c1-16(2,3)22-21-15(20)13-8-7-12(11-14(13)18)19(6)10-9-17(4)5/h7-8,11H,9-10,18H2,1-6H3. The molecule has 5 nitrogen and oxygen atoms in total. The number of nitrogen functional groups attached to an aromatic ring is 1. The zero-order valence-corrected chi connectivity index (χ0v) is 16.2. The Hall–Kier alpha value is -1.19. The van der Waals surface area contributed by atoms with Crippen molar-refractivity contribution in [3.05, 3.63) is 23.8 Å². The molecule has 0 saturated heterocycles. The average Bonchev–Trinajstić information content (AvgIpc) is 2.41. The second-order valence-electron chi connectivity index (χ2n) is 6.56. The van der Waals surface area contributed by atoms with Crippen LogP contribution in [0.4, 0.5) is 11.4 Å². The summed E-state index contributed by atoms with van der Waals surface area (Å²) in [5.41, 5.74) is 11.8. The molecule has 0 unspecified atom stereocenters. The Morgan fingerprint density at radius 2 is 1.95 bits per heavy atom.